The second-order valence-corrected chi connectivity index (χ2v) is 6.60. The quantitative estimate of drug-likeness (QED) is 0.731. The van der Waals surface area contributed by atoms with E-state index in [0.717, 1.165) is 11.4 Å². The molecule has 4 rings (SSSR count). The number of alkyl halides is 1. The zero-order chi connectivity index (χ0) is 18.1. The second kappa shape index (κ2) is 6.87. The summed E-state index contributed by atoms with van der Waals surface area (Å²) in [5.41, 5.74) is 2.27. The van der Waals surface area contributed by atoms with Crippen LogP contribution >= 0.6 is 0 Å². The van der Waals surface area contributed by atoms with Gasteiger partial charge in [0, 0.05) is 13.1 Å². The first-order chi connectivity index (χ1) is 12.6. The second-order valence-electron chi connectivity index (χ2n) is 6.60. The number of nitrogens with one attached hydrogen (secondary N) is 2. The van der Waals surface area contributed by atoms with Gasteiger partial charge in [0.1, 0.15) is 12.0 Å². The predicted molar refractivity (Wildman–Crippen MR) is 97.2 cm³/mol. The first-order valence-corrected chi connectivity index (χ1v) is 8.68. The van der Waals surface area contributed by atoms with Gasteiger partial charge in [-0.2, -0.15) is 0 Å². The monoisotopic (exact) mass is 356 g/mol. The minimum absolute atomic E-state index is 0.0336. The summed E-state index contributed by atoms with van der Waals surface area (Å²) in [7, 11) is 0. The lowest BCUT2D eigenvalue weighted by Crippen LogP contribution is -2.29. The molecule has 2 N–H and O–H groups in total. The molecule has 0 amide bonds. The van der Waals surface area contributed by atoms with E-state index >= 15 is 0 Å². The van der Waals surface area contributed by atoms with E-state index in [4.69, 9.17) is 4.74 Å². The fourth-order valence-electron chi connectivity index (χ4n) is 3.00. The standard InChI is InChI=1S/C18H21FN6O/c1-11(2)26-18-10-25-15(8-21-17(25)9-22-18)13-4-3-5-16(23-13)24-14-7-20-6-12(14)19/h3-5,8-12,14,20H,6-7H2,1-2H3,(H,23,24)/t12-,14-/m1/s1. The molecule has 136 valence electrons. The van der Waals surface area contributed by atoms with Crippen molar-refractivity contribution in [2.75, 3.05) is 18.4 Å². The molecule has 7 nitrogen and oxygen atoms in total. The van der Waals surface area contributed by atoms with Gasteiger partial charge in [0.25, 0.3) is 0 Å². The van der Waals surface area contributed by atoms with Crippen LogP contribution in [0.1, 0.15) is 13.8 Å². The van der Waals surface area contributed by atoms with E-state index in [0.29, 0.717) is 30.4 Å². The van der Waals surface area contributed by atoms with Crippen LogP contribution < -0.4 is 15.4 Å². The molecule has 0 spiro atoms. The molecular formula is C18H21FN6O. The summed E-state index contributed by atoms with van der Waals surface area (Å²) < 4.78 is 21.4. The molecule has 0 radical (unpaired) electrons. The molecule has 3 aromatic rings. The number of hydrogen-bond acceptors (Lipinski definition) is 6. The van der Waals surface area contributed by atoms with Gasteiger partial charge in [0.2, 0.25) is 5.88 Å². The third-order valence-electron chi connectivity index (χ3n) is 4.21. The normalized spacial score (nSPS) is 20.0. The van der Waals surface area contributed by atoms with Crippen molar-refractivity contribution < 1.29 is 9.13 Å². The number of aromatic nitrogens is 4. The Morgan fingerprint density at radius 3 is 2.92 bits per heavy atom. The van der Waals surface area contributed by atoms with E-state index in [9.17, 15) is 4.39 Å². The lowest BCUT2D eigenvalue weighted by molar-refractivity contribution is 0.231. The van der Waals surface area contributed by atoms with E-state index in [-0.39, 0.29) is 12.1 Å². The van der Waals surface area contributed by atoms with Crippen LogP contribution in [0, 0.1) is 0 Å². The highest BCUT2D eigenvalue weighted by atomic mass is 19.1. The van der Waals surface area contributed by atoms with E-state index in [1.54, 1.807) is 18.6 Å². The Morgan fingerprint density at radius 1 is 1.27 bits per heavy atom. The van der Waals surface area contributed by atoms with Crippen molar-refractivity contribution in [3.63, 3.8) is 0 Å². The summed E-state index contributed by atoms with van der Waals surface area (Å²) in [6, 6.07) is 5.37. The van der Waals surface area contributed by atoms with Gasteiger partial charge >= 0.3 is 0 Å². The van der Waals surface area contributed by atoms with Crippen molar-refractivity contribution in [3.05, 3.63) is 36.8 Å². The summed E-state index contributed by atoms with van der Waals surface area (Å²) in [6.07, 6.45) is 4.33. The van der Waals surface area contributed by atoms with E-state index in [2.05, 4.69) is 25.6 Å². The number of fused-ring (bicyclic) bond motifs is 1. The van der Waals surface area contributed by atoms with Gasteiger partial charge in [0.15, 0.2) is 5.65 Å². The van der Waals surface area contributed by atoms with Gasteiger partial charge in [-0.05, 0) is 26.0 Å². The van der Waals surface area contributed by atoms with Gasteiger partial charge < -0.3 is 15.4 Å². The molecule has 0 bridgehead atoms. The molecule has 0 saturated carbocycles. The fraction of sp³-hybridized carbons (Fsp3) is 0.389. The SMILES string of the molecule is CC(C)Oc1cn2c(-c3cccc(N[C@@H]4CNC[C@H]4F)n3)cnc2cn1. The molecule has 1 aliphatic heterocycles. The van der Waals surface area contributed by atoms with Gasteiger partial charge in [-0.15, -0.1) is 0 Å². The van der Waals surface area contributed by atoms with E-state index < -0.39 is 6.17 Å². The van der Waals surface area contributed by atoms with E-state index in [1.165, 1.54) is 0 Å². The van der Waals surface area contributed by atoms with Crippen molar-refractivity contribution in [2.24, 2.45) is 0 Å². The topological polar surface area (TPSA) is 76.4 Å². The Bertz CT molecular complexity index is 912. The van der Waals surface area contributed by atoms with Gasteiger partial charge in [-0.1, -0.05) is 6.07 Å². The fourth-order valence-corrected chi connectivity index (χ4v) is 3.00. The molecule has 3 aromatic heterocycles. The van der Waals surface area contributed by atoms with Gasteiger partial charge in [0.05, 0.1) is 42.1 Å². The molecule has 8 heteroatoms. The molecule has 0 unspecified atom stereocenters. The van der Waals surface area contributed by atoms with Crippen LogP contribution in [0.4, 0.5) is 10.2 Å². The maximum Gasteiger partial charge on any atom is 0.230 e. The molecule has 2 atom stereocenters. The van der Waals surface area contributed by atoms with Crippen LogP contribution in [0.15, 0.2) is 36.8 Å². The molecule has 26 heavy (non-hydrogen) atoms. The summed E-state index contributed by atoms with van der Waals surface area (Å²) >= 11 is 0. The Kier molecular flexibility index (Phi) is 4.42. The maximum atomic E-state index is 13.8. The Balaban J connectivity index is 1.65. The first kappa shape index (κ1) is 16.7. The number of anilines is 1. The van der Waals surface area contributed by atoms with E-state index in [1.807, 2.05) is 36.4 Å². The molecular weight excluding hydrogens is 335 g/mol. The number of ether oxygens (including phenoxy) is 1. The first-order valence-electron chi connectivity index (χ1n) is 8.68. The van der Waals surface area contributed by atoms with Crippen molar-refractivity contribution >= 4 is 11.5 Å². The predicted octanol–water partition coefficient (Wildman–Crippen LogP) is 2.30. The van der Waals surface area contributed by atoms with Crippen LogP contribution in [0.3, 0.4) is 0 Å². The highest BCUT2D eigenvalue weighted by Crippen LogP contribution is 2.23. The van der Waals surface area contributed by atoms with Crippen molar-refractivity contribution in [1.29, 1.82) is 0 Å². The summed E-state index contributed by atoms with van der Waals surface area (Å²) in [6.45, 7) is 4.86. The number of rotatable bonds is 5. The van der Waals surface area contributed by atoms with Crippen molar-refractivity contribution in [1.82, 2.24) is 24.7 Å². The Hall–Kier alpha value is -2.74. The average molecular weight is 356 g/mol. The Morgan fingerprint density at radius 2 is 2.15 bits per heavy atom. The zero-order valence-corrected chi connectivity index (χ0v) is 14.7. The summed E-state index contributed by atoms with van der Waals surface area (Å²) in [5, 5.41) is 6.19. The number of hydrogen-bond donors (Lipinski definition) is 2. The molecule has 1 saturated heterocycles. The molecule has 0 aliphatic carbocycles. The Labute approximate surface area is 150 Å². The van der Waals surface area contributed by atoms with Crippen LogP contribution in [0.25, 0.3) is 17.0 Å². The van der Waals surface area contributed by atoms with Crippen molar-refractivity contribution in [2.45, 2.75) is 32.2 Å². The summed E-state index contributed by atoms with van der Waals surface area (Å²) in [4.78, 5) is 13.3. The number of pyridine rings is 1. The number of halogens is 1. The molecule has 1 fully saturated rings. The molecule has 4 heterocycles. The lowest BCUT2D eigenvalue weighted by atomic mass is 10.2. The molecule has 1 aliphatic rings. The molecule has 0 aromatic carbocycles. The van der Waals surface area contributed by atoms with Crippen LogP contribution in [-0.2, 0) is 0 Å². The number of imidazole rings is 1. The van der Waals surface area contributed by atoms with Crippen LogP contribution in [0.5, 0.6) is 5.88 Å². The maximum absolute atomic E-state index is 13.8. The highest BCUT2D eigenvalue weighted by molar-refractivity contribution is 5.61. The van der Waals surface area contributed by atoms with Crippen LogP contribution in [0.2, 0.25) is 0 Å². The van der Waals surface area contributed by atoms with Gasteiger partial charge in [-0.25, -0.2) is 19.3 Å². The zero-order valence-electron chi connectivity index (χ0n) is 14.7. The summed E-state index contributed by atoms with van der Waals surface area (Å²) in [5.74, 6) is 1.17. The minimum Gasteiger partial charge on any atom is -0.474 e. The van der Waals surface area contributed by atoms with Crippen LogP contribution in [-0.4, -0.2) is 50.8 Å². The number of nitrogens with zero attached hydrogens (tertiary/aromatic N) is 4. The smallest absolute Gasteiger partial charge is 0.230 e. The highest BCUT2D eigenvalue weighted by Gasteiger charge is 2.26. The lowest BCUT2D eigenvalue weighted by Gasteiger charge is -2.15. The van der Waals surface area contributed by atoms with Gasteiger partial charge in [-0.3, -0.25) is 4.40 Å². The minimum atomic E-state index is -0.918. The largest absolute Gasteiger partial charge is 0.474 e. The third kappa shape index (κ3) is 3.32. The third-order valence-corrected chi connectivity index (χ3v) is 4.21. The van der Waals surface area contributed by atoms with Crippen molar-refractivity contribution in [3.8, 4) is 17.3 Å². The average Bonchev–Trinajstić information content (AvgIpc) is 3.21.